The fourth-order valence-corrected chi connectivity index (χ4v) is 10.1. The van der Waals surface area contributed by atoms with Gasteiger partial charge in [-0.1, -0.05) is 6.07 Å². The molecule has 0 spiro atoms. The van der Waals surface area contributed by atoms with Crippen molar-refractivity contribution < 1.29 is 21.6 Å². The van der Waals surface area contributed by atoms with Gasteiger partial charge < -0.3 is 9.88 Å². The lowest BCUT2D eigenvalue weighted by molar-refractivity contribution is -0.126. The third-order valence-corrected chi connectivity index (χ3v) is 13.5. The molecule has 4 aromatic rings. The number of piperidine rings is 1. The van der Waals surface area contributed by atoms with Gasteiger partial charge in [0, 0.05) is 93.3 Å². The van der Waals surface area contributed by atoms with E-state index in [0.717, 1.165) is 66.7 Å². The Kier molecular flexibility index (Phi) is 9.83. The highest BCUT2D eigenvalue weighted by Crippen LogP contribution is 2.34. The molecule has 1 N–H and O–H groups in total. The van der Waals surface area contributed by atoms with Crippen molar-refractivity contribution in [1.29, 1.82) is 5.26 Å². The number of thiophene rings is 1. The van der Waals surface area contributed by atoms with Crippen molar-refractivity contribution in [3.63, 3.8) is 0 Å². The van der Waals surface area contributed by atoms with Crippen LogP contribution in [0, 0.1) is 18.3 Å². The molecule has 6 heterocycles. The van der Waals surface area contributed by atoms with Crippen LogP contribution < -0.4 is 5.32 Å². The first-order valence-electron chi connectivity index (χ1n) is 17.2. The number of rotatable bonds is 10. The zero-order valence-electron chi connectivity index (χ0n) is 28.3. The first kappa shape index (κ1) is 35.1. The molecule has 3 aliphatic rings. The molecule has 0 unspecified atom stereocenters. The third kappa shape index (κ3) is 7.21. The number of nitrogens with zero attached hydrogens (tertiary/aromatic N) is 8. The van der Waals surface area contributed by atoms with Gasteiger partial charge in [0.25, 0.3) is 10.2 Å². The first-order chi connectivity index (χ1) is 23.9. The van der Waals surface area contributed by atoms with E-state index < -0.39 is 22.8 Å². The highest BCUT2D eigenvalue weighted by molar-refractivity contribution is 7.86. The number of alkyl halides is 3. The average Bonchev–Trinajstić information content (AvgIpc) is 3.62. The second-order valence-electron chi connectivity index (χ2n) is 13.7. The summed E-state index contributed by atoms with van der Waals surface area (Å²) in [5, 5.41) is 15.3. The number of aromatic nitrogens is 3. The number of piperazine rings is 1. The Morgan fingerprint density at radius 3 is 2.40 bits per heavy atom. The molecule has 50 heavy (non-hydrogen) atoms. The molecule has 3 saturated heterocycles. The number of nitrogens with one attached hydrogen (secondary N) is 1. The SMILES string of the molecule is Cc1c(CN2CCC(Nc3ncnc4sc(CC(F)(F)F)cc34)CC2)ccc2c1cc(C#N)n2C[C@H](C)N1CCN(S(=O)(=O)N2CCC2)CC1. The Labute approximate surface area is 294 Å². The summed E-state index contributed by atoms with van der Waals surface area (Å²) in [5.74, 6) is 0.587. The van der Waals surface area contributed by atoms with Crippen molar-refractivity contribution in [2.24, 2.45) is 0 Å². The smallest absolute Gasteiger partial charge is 0.367 e. The second kappa shape index (κ2) is 14.0. The Bertz CT molecular complexity index is 2000. The zero-order valence-corrected chi connectivity index (χ0v) is 29.9. The molecule has 1 aromatic carbocycles. The van der Waals surface area contributed by atoms with Gasteiger partial charge in [-0.2, -0.15) is 35.5 Å². The summed E-state index contributed by atoms with van der Waals surface area (Å²) in [4.78, 5) is 14.1. The summed E-state index contributed by atoms with van der Waals surface area (Å²) < 4.78 is 69.8. The number of benzene rings is 1. The van der Waals surface area contributed by atoms with Gasteiger partial charge in [-0.25, -0.2) is 9.97 Å². The summed E-state index contributed by atoms with van der Waals surface area (Å²) >= 11 is 1.06. The van der Waals surface area contributed by atoms with Gasteiger partial charge in [0.2, 0.25) is 0 Å². The van der Waals surface area contributed by atoms with E-state index in [0.29, 0.717) is 67.5 Å². The lowest BCUT2D eigenvalue weighted by Crippen LogP contribution is -2.57. The van der Waals surface area contributed by atoms with Gasteiger partial charge in [0.1, 0.15) is 28.7 Å². The van der Waals surface area contributed by atoms with E-state index in [4.69, 9.17) is 0 Å². The maximum Gasteiger partial charge on any atom is 0.393 e. The van der Waals surface area contributed by atoms with Crippen LogP contribution in [0.3, 0.4) is 0 Å². The van der Waals surface area contributed by atoms with Gasteiger partial charge >= 0.3 is 6.18 Å². The topological polar surface area (TPSA) is 114 Å². The fraction of sp³-hybridized carbons (Fsp3) is 0.559. The molecule has 11 nitrogen and oxygen atoms in total. The Morgan fingerprint density at radius 1 is 1.02 bits per heavy atom. The van der Waals surface area contributed by atoms with E-state index in [1.54, 1.807) is 14.7 Å². The molecular weight excluding hydrogens is 688 g/mol. The highest BCUT2D eigenvalue weighted by atomic mass is 32.2. The zero-order chi connectivity index (χ0) is 35.2. The Balaban J connectivity index is 0.965. The minimum atomic E-state index is -4.27. The fourth-order valence-electron chi connectivity index (χ4n) is 7.39. The number of anilines is 1. The monoisotopic (exact) mass is 729 g/mol. The molecule has 1 atom stereocenters. The van der Waals surface area contributed by atoms with Crippen LogP contribution in [0.2, 0.25) is 0 Å². The van der Waals surface area contributed by atoms with Crippen LogP contribution in [-0.2, 0) is 29.7 Å². The highest BCUT2D eigenvalue weighted by Gasteiger charge is 2.36. The van der Waals surface area contributed by atoms with Gasteiger partial charge in [-0.3, -0.25) is 9.80 Å². The van der Waals surface area contributed by atoms with Crippen LogP contribution in [0.25, 0.3) is 21.1 Å². The molecule has 268 valence electrons. The van der Waals surface area contributed by atoms with E-state index in [-0.39, 0.29) is 17.0 Å². The van der Waals surface area contributed by atoms with Crippen molar-refractivity contribution in [3.8, 4) is 6.07 Å². The van der Waals surface area contributed by atoms with Crippen LogP contribution in [-0.4, -0.2) is 112 Å². The summed E-state index contributed by atoms with van der Waals surface area (Å²) in [6.45, 7) is 10.9. The lowest BCUT2D eigenvalue weighted by atomic mass is 10.0. The maximum atomic E-state index is 13.0. The minimum absolute atomic E-state index is 0.126. The van der Waals surface area contributed by atoms with Crippen LogP contribution in [0.5, 0.6) is 0 Å². The second-order valence-corrected chi connectivity index (χ2v) is 16.8. The van der Waals surface area contributed by atoms with Crippen LogP contribution in [0.15, 0.2) is 30.6 Å². The maximum absolute atomic E-state index is 13.0. The first-order valence-corrected chi connectivity index (χ1v) is 19.4. The van der Waals surface area contributed by atoms with Crippen molar-refractivity contribution in [1.82, 2.24) is 32.9 Å². The number of nitriles is 1. The third-order valence-electron chi connectivity index (χ3n) is 10.5. The molecule has 3 aromatic heterocycles. The van der Waals surface area contributed by atoms with E-state index in [1.807, 2.05) is 6.07 Å². The van der Waals surface area contributed by atoms with E-state index in [1.165, 1.54) is 11.9 Å². The molecule has 0 bridgehead atoms. The van der Waals surface area contributed by atoms with Crippen molar-refractivity contribution in [3.05, 3.63) is 52.3 Å². The van der Waals surface area contributed by atoms with Crippen molar-refractivity contribution >= 4 is 48.5 Å². The van der Waals surface area contributed by atoms with Crippen LogP contribution in [0.4, 0.5) is 19.0 Å². The molecule has 0 saturated carbocycles. The van der Waals surface area contributed by atoms with Crippen molar-refractivity contribution in [2.75, 3.05) is 57.7 Å². The molecule has 3 aliphatic heterocycles. The van der Waals surface area contributed by atoms with Gasteiger partial charge in [0.05, 0.1) is 11.8 Å². The number of hydrogen-bond donors (Lipinski definition) is 1. The summed E-state index contributed by atoms with van der Waals surface area (Å²) in [5.41, 5.74) is 4.02. The molecule has 16 heteroatoms. The quantitative estimate of drug-likeness (QED) is 0.244. The number of fused-ring (bicyclic) bond motifs is 2. The molecule has 3 fully saturated rings. The molecule has 0 aliphatic carbocycles. The standard InChI is InChI=1S/C34H42F3N9O2S2/c1-23(43-12-14-45(15-13-43)50(47,48)44-8-3-9-44)20-46-27(19-38)16-29-24(2)25(4-5-31(29)46)21-42-10-6-26(7-11-42)41-32-30-17-28(18-34(35,36)37)49-33(30)40-22-39-32/h4-5,16-17,22-23,26H,3,6-15,18,20-21H2,1-2H3,(H,39,40,41)/t23-/m0/s1. The Hall–Kier alpha value is -3.33. The molecule has 0 radical (unpaired) electrons. The normalized spacial score (nSPS) is 19.9. The summed E-state index contributed by atoms with van der Waals surface area (Å²) in [6, 6.07) is 10.5. The summed E-state index contributed by atoms with van der Waals surface area (Å²) in [7, 11) is -3.36. The molecule has 0 amide bonds. The lowest BCUT2D eigenvalue weighted by Gasteiger charge is -2.41. The number of hydrogen-bond acceptors (Lipinski definition) is 9. The van der Waals surface area contributed by atoms with Gasteiger partial charge in [-0.05, 0) is 62.4 Å². The van der Waals surface area contributed by atoms with E-state index in [9.17, 15) is 26.9 Å². The number of aryl methyl sites for hydroxylation is 1. The number of likely N-dealkylation sites (tertiary alicyclic amines) is 1. The van der Waals surface area contributed by atoms with E-state index >= 15 is 0 Å². The van der Waals surface area contributed by atoms with Gasteiger partial charge in [0.15, 0.2) is 0 Å². The minimum Gasteiger partial charge on any atom is -0.367 e. The molecular formula is C34H42F3N9O2S2. The molecule has 7 rings (SSSR count). The van der Waals surface area contributed by atoms with Crippen LogP contribution in [0.1, 0.15) is 47.9 Å². The van der Waals surface area contributed by atoms with E-state index in [2.05, 4.69) is 61.7 Å². The van der Waals surface area contributed by atoms with Crippen LogP contribution >= 0.6 is 11.3 Å². The van der Waals surface area contributed by atoms with Crippen molar-refractivity contribution in [2.45, 2.75) is 70.9 Å². The number of halogens is 3. The average molecular weight is 730 g/mol. The Morgan fingerprint density at radius 2 is 1.74 bits per heavy atom. The largest absolute Gasteiger partial charge is 0.393 e. The summed E-state index contributed by atoms with van der Waals surface area (Å²) in [6.07, 6.45) is -1.16. The van der Waals surface area contributed by atoms with Gasteiger partial charge in [-0.15, -0.1) is 11.3 Å². The predicted octanol–water partition coefficient (Wildman–Crippen LogP) is 4.96. The predicted molar refractivity (Wildman–Crippen MR) is 188 cm³/mol.